The Kier molecular flexibility index (Phi) is 6.13. The molecule has 0 aliphatic carbocycles. The van der Waals surface area contributed by atoms with Crippen LogP contribution in [0.25, 0.3) is 11.1 Å². The highest BCUT2D eigenvalue weighted by Gasteiger charge is 2.21. The first kappa shape index (κ1) is 19.0. The third-order valence-corrected chi connectivity index (χ3v) is 4.60. The summed E-state index contributed by atoms with van der Waals surface area (Å²) in [7, 11) is 0. The molecule has 1 saturated heterocycles. The van der Waals surface area contributed by atoms with Gasteiger partial charge in [0.25, 0.3) is 0 Å². The lowest BCUT2D eigenvalue weighted by molar-refractivity contribution is -0.117. The average Bonchev–Trinajstić information content (AvgIpc) is 2.67. The van der Waals surface area contributed by atoms with Gasteiger partial charge in [0.1, 0.15) is 5.78 Å². The molecule has 1 fully saturated rings. The summed E-state index contributed by atoms with van der Waals surface area (Å²) in [6, 6.07) is 8.29. The number of ketones is 1. The Morgan fingerprint density at radius 1 is 1.33 bits per heavy atom. The van der Waals surface area contributed by atoms with Crippen LogP contribution in [0.3, 0.4) is 0 Å². The molecule has 27 heavy (non-hydrogen) atoms. The zero-order valence-corrected chi connectivity index (χ0v) is 15.5. The molecule has 1 aromatic carbocycles. The summed E-state index contributed by atoms with van der Waals surface area (Å²) in [5.41, 5.74) is 8.30. The van der Waals surface area contributed by atoms with Gasteiger partial charge in [-0.2, -0.15) is 0 Å². The maximum atomic E-state index is 11.7. The first-order valence-corrected chi connectivity index (χ1v) is 9.13. The van der Waals surface area contributed by atoms with Crippen LogP contribution in [0.15, 0.2) is 36.7 Å². The molecule has 2 heterocycles. The summed E-state index contributed by atoms with van der Waals surface area (Å²) in [6.45, 7) is 4.28. The lowest BCUT2D eigenvalue weighted by Gasteiger charge is -2.33. The van der Waals surface area contributed by atoms with Crippen molar-refractivity contribution in [1.29, 1.82) is 5.41 Å². The molecule has 1 aliphatic rings. The predicted octanol–water partition coefficient (Wildman–Crippen LogP) is 2.20. The molecule has 1 aliphatic heterocycles. The highest BCUT2D eigenvalue weighted by atomic mass is 16.5. The van der Waals surface area contributed by atoms with Gasteiger partial charge in [-0.25, -0.2) is 9.97 Å². The lowest BCUT2D eigenvalue weighted by atomic mass is 10.0. The second kappa shape index (κ2) is 8.73. The van der Waals surface area contributed by atoms with Crippen molar-refractivity contribution in [2.24, 2.45) is 5.73 Å². The molecule has 0 unspecified atom stereocenters. The molecule has 0 saturated carbocycles. The van der Waals surface area contributed by atoms with E-state index in [2.05, 4.69) is 27.9 Å². The number of nitrogens with zero attached hydrogens (tertiary/aromatic N) is 3. The van der Waals surface area contributed by atoms with Gasteiger partial charge in [-0.15, -0.1) is 0 Å². The molecule has 142 valence electrons. The Balaban J connectivity index is 1.67. The number of ether oxygens (including phenoxy) is 1. The van der Waals surface area contributed by atoms with Gasteiger partial charge in [0.15, 0.2) is 0 Å². The fraction of sp³-hybridized carbons (Fsp3) is 0.400. The van der Waals surface area contributed by atoms with E-state index in [4.69, 9.17) is 15.9 Å². The van der Waals surface area contributed by atoms with Crippen LogP contribution in [-0.4, -0.2) is 47.4 Å². The van der Waals surface area contributed by atoms with Crippen LogP contribution in [-0.2, 0) is 16.0 Å². The smallest absolute Gasteiger partial charge is 0.225 e. The van der Waals surface area contributed by atoms with E-state index in [1.807, 2.05) is 30.6 Å². The van der Waals surface area contributed by atoms with Gasteiger partial charge in [-0.3, -0.25) is 10.2 Å². The van der Waals surface area contributed by atoms with E-state index in [0.717, 1.165) is 29.2 Å². The van der Waals surface area contributed by atoms with E-state index >= 15 is 0 Å². The fourth-order valence-electron chi connectivity index (χ4n) is 3.13. The van der Waals surface area contributed by atoms with Crippen molar-refractivity contribution in [3.05, 3.63) is 42.2 Å². The van der Waals surface area contributed by atoms with Crippen LogP contribution in [0.5, 0.6) is 0 Å². The number of nitrogens with two attached hydrogens (primary N) is 1. The predicted molar refractivity (Wildman–Crippen MR) is 105 cm³/mol. The SMILES string of the molecule is C[C@H]1COCCN1c1ncc(-c2cccc(CCC(=O)CC(=N)N)c2)cn1. The largest absolute Gasteiger partial charge is 0.387 e. The van der Waals surface area contributed by atoms with Crippen molar-refractivity contribution in [1.82, 2.24) is 9.97 Å². The molecule has 0 amide bonds. The van der Waals surface area contributed by atoms with Crippen LogP contribution in [0.4, 0.5) is 5.95 Å². The second-order valence-electron chi connectivity index (χ2n) is 6.83. The molecule has 7 nitrogen and oxygen atoms in total. The monoisotopic (exact) mass is 367 g/mol. The third-order valence-electron chi connectivity index (χ3n) is 4.60. The van der Waals surface area contributed by atoms with Crippen molar-refractivity contribution >= 4 is 17.6 Å². The Bertz CT molecular complexity index is 806. The number of nitrogens with one attached hydrogen (secondary N) is 1. The van der Waals surface area contributed by atoms with Gasteiger partial charge < -0.3 is 15.4 Å². The number of rotatable bonds is 7. The van der Waals surface area contributed by atoms with Gasteiger partial charge in [-0.05, 0) is 24.5 Å². The van der Waals surface area contributed by atoms with Crippen LogP contribution < -0.4 is 10.6 Å². The number of morpholine rings is 1. The molecule has 3 rings (SSSR count). The van der Waals surface area contributed by atoms with Crippen LogP contribution >= 0.6 is 0 Å². The zero-order chi connectivity index (χ0) is 19.2. The summed E-state index contributed by atoms with van der Waals surface area (Å²) < 4.78 is 5.46. The lowest BCUT2D eigenvalue weighted by Crippen LogP contribution is -2.44. The minimum atomic E-state index is -0.0828. The number of carbonyl (C=O) groups excluding carboxylic acids is 1. The molecule has 1 atom stereocenters. The fourth-order valence-corrected chi connectivity index (χ4v) is 3.13. The van der Waals surface area contributed by atoms with Gasteiger partial charge in [0, 0.05) is 30.9 Å². The van der Waals surface area contributed by atoms with Gasteiger partial charge in [0.2, 0.25) is 5.95 Å². The number of Topliss-reactive ketones (excluding diaryl/α,β-unsaturated/α-hetero) is 1. The number of hydrogen-bond acceptors (Lipinski definition) is 6. The standard InChI is InChI=1S/C20H25N5O2/c1-14-13-27-8-7-25(14)20-23-11-17(12-24-20)16-4-2-3-15(9-16)5-6-18(26)10-19(21)22/h2-4,9,11-12,14H,5-8,10,13H2,1H3,(H3,21,22)/t14-/m0/s1. The number of amidine groups is 1. The number of benzene rings is 1. The highest BCUT2D eigenvalue weighted by Crippen LogP contribution is 2.22. The first-order chi connectivity index (χ1) is 13.0. The van der Waals surface area contributed by atoms with Gasteiger partial charge in [-0.1, -0.05) is 24.3 Å². The van der Waals surface area contributed by atoms with Crippen molar-refractivity contribution < 1.29 is 9.53 Å². The normalized spacial score (nSPS) is 16.9. The van der Waals surface area contributed by atoms with Crippen LogP contribution in [0.1, 0.15) is 25.3 Å². The number of aromatic nitrogens is 2. The van der Waals surface area contributed by atoms with Crippen molar-refractivity contribution in [3.63, 3.8) is 0 Å². The van der Waals surface area contributed by atoms with Crippen molar-refractivity contribution in [2.45, 2.75) is 32.2 Å². The van der Waals surface area contributed by atoms with E-state index in [9.17, 15) is 4.79 Å². The second-order valence-corrected chi connectivity index (χ2v) is 6.83. The Morgan fingerprint density at radius 3 is 2.81 bits per heavy atom. The Labute approximate surface area is 159 Å². The van der Waals surface area contributed by atoms with E-state index in [1.54, 1.807) is 0 Å². The summed E-state index contributed by atoms with van der Waals surface area (Å²) in [5, 5.41) is 7.19. The molecule has 7 heteroatoms. The molecule has 2 aromatic rings. The number of aryl methyl sites for hydroxylation is 1. The number of anilines is 1. The van der Waals surface area contributed by atoms with E-state index in [0.29, 0.717) is 26.1 Å². The van der Waals surface area contributed by atoms with E-state index in [1.165, 1.54) is 0 Å². The minimum absolute atomic E-state index is 0.0137. The quantitative estimate of drug-likeness (QED) is 0.574. The topological polar surface area (TPSA) is 105 Å². The first-order valence-electron chi connectivity index (χ1n) is 9.13. The maximum Gasteiger partial charge on any atom is 0.225 e. The Hall–Kier alpha value is -2.80. The van der Waals surface area contributed by atoms with Crippen LogP contribution in [0.2, 0.25) is 0 Å². The van der Waals surface area contributed by atoms with E-state index in [-0.39, 0.29) is 24.1 Å². The summed E-state index contributed by atoms with van der Waals surface area (Å²) in [6.07, 6.45) is 4.71. The van der Waals surface area contributed by atoms with Crippen molar-refractivity contribution in [3.8, 4) is 11.1 Å². The van der Waals surface area contributed by atoms with Gasteiger partial charge >= 0.3 is 0 Å². The van der Waals surface area contributed by atoms with Crippen molar-refractivity contribution in [2.75, 3.05) is 24.7 Å². The molecule has 3 N–H and O–H groups in total. The number of carbonyl (C=O) groups is 1. The summed E-state index contributed by atoms with van der Waals surface area (Å²) in [4.78, 5) is 23.0. The zero-order valence-electron chi connectivity index (χ0n) is 15.5. The maximum absolute atomic E-state index is 11.7. The van der Waals surface area contributed by atoms with Gasteiger partial charge in [0.05, 0.1) is 31.5 Å². The molecule has 0 bridgehead atoms. The summed E-state index contributed by atoms with van der Waals surface area (Å²) >= 11 is 0. The molecule has 0 spiro atoms. The molecular weight excluding hydrogens is 342 g/mol. The highest BCUT2D eigenvalue weighted by molar-refractivity contribution is 5.98. The average molecular weight is 367 g/mol. The molecule has 0 radical (unpaired) electrons. The third kappa shape index (κ3) is 5.10. The number of hydrogen-bond donors (Lipinski definition) is 2. The van der Waals surface area contributed by atoms with Crippen LogP contribution in [0, 0.1) is 5.41 Å². The minimum Gasteiger partial charge on any atom is -0.387 e. The Morgan fingerprint density at radius 2 is 2.11 bits per heavy atom. The summed E-state index contributed by atoms with van der Waals surface area (Å²) in [5.74, 6) is 0.626. The molecule has 1 aromatic heterocycles. The van der Waals surface area contributed by atoms with E-state index < -0.39 is 0 Å². The molecular formula is C20H25N5O2.